The highest BCUT2D eigenvalue weighted by atomic mass is 32.2. The minimum Gasteiger partial charge on any atom is -0.460 e. The number of benzene rings is 5. The minimum atomic E-state index is -1.14. The van der Waals surface area contributed by atoms with Crippen molar-refractivity contribution >= 4 is 33.9 Å². The van der Waals surface area contributed by atoms with Crippen molar-refractivity contribution in [2.75, 3.05) is 19.8 Å². The van der Waals surface area contributed by atoms with E-state index in [1.807, 2.05) is 48.5 Å². The van der Waals surface area contributed by atoms with Crippen LogP contribution in [0.3, 0.4) is 0 Å². The van der Waals surface area contributed by atoms with Crippen molar-refractivity contribution in [1.82, 2.24) is 0 Å². The third kappa shape index (κ3) is 9.26. The number of hydrogen-bond donors (Lipinski definition) is 2. The van der Waals surface area contributed by atoms with Crippen molar-refractivity contribution in [1.29, 1.82) is 0 Å². The Balaban J connectivity index is 1.26. The van der Waals surface area contributed by atoms with Crippen molar-refractivity contribution in [2.24, 2.45) is 22.9 Å². The minimum absolute atomic E-state index is 0.0153. The number of unbranched alkanes of at least 4 members (excludes halogenated alkanes) is 2. The molecule has 2 N–H and O–H groups in total. The number of oxime groups is 1. The summed E-state index contributed by atoms with van der Waals surface area (Å²) in [6.07, 6.45) is 9.42. The molecule has 316 valence electrons. The van der Waals surface area contributed by atoms with Crippen LogP contribution in [-0.2, 0) is 16.2 Å². The van der Waals surface area contributed by atoms with E-state index in [0.29, 0.717) is 25.0 Å². The average molecular weight is 841 g/mol. The van der Waals surface area contributed by atoms with Crippen molar-refractivity contribution in [2.45, 2.75) is 73.4 Å². The van der Waals surface area contributed by atoms with E-state index in [-0.39, 0.29) is 61.0 Å². The first-order valence-corrected chi connectivity index (χ1v) is 22.1. The summed E-state index contributed by atoms with van der Waals surface area (Å²) in [6.45, 7) is 4.69. The monoisotopic (exact) mass is 840 g/mol. The summed E-state index contributed by atoms with van der Waals surface area (Å²) >= 11 is 1.70. The van der Waals surface area contributed by atoms with Gasteiger partial charge >= 0.3 is 0 Å². The zero-order valence-electron chi connectivity index (χ0n) is 34.1. The summed E-state index contributed by atoms with van der Waals surface area (Å²) in [5.74, 6) is 0.867. The molecule has 8 rings (SSSR count). The zero-order chi connectivity index (χ0) is 42.2. The Kier molecular flexibility index (Phi) is 13.5. The number of nitro benzene ring substituents is 1. The number of fused-ring (bicyclic) bond motifs is 3. The van der Waals surface area contributed by atoms with E-state index in [2.05, 4.69) is 55.1 Å². The number of allylic oxidation sites excluding steroid dienone is 1. The number of thioether (sulfide) groups is 1. The molecule has 1 fully saturated rings. The van der Waals surface area contributed by atoms with Gasteiger partial charge in [0, 0.05) is 48.1 Å². The summed E-state index contributed by atoms with van der Waals surface area (Å²) in [5, 5.41) is 38.0. The van der Waals surface area contributed by atoms with E-state index in [9.17, 15) is 20.3 Å². The van der Waals surface area contributed by atoms with Gasteiger partial charge in [-0.25, -0.2) is 0 Å². The molecule has 5 aromatic carbocycles. The van der Waals surface area contributed by atoms with Crippen LogP contribution in [0.2, 0.25) is 0 Å². The summed E-state index contributed by atoms with van der Waals surface area (Å²) in [6, 6.07) is 37.0. The average Bonchev–Trinajstić information content (AvgIpc) is 3.28. The molecule has 0 aromatic heterocycles. The van der Waals surface area contributed by atoms with Crippen LogP contribution >= 0.6 is 11.8 Å². The molecule has 11 heteroatoms. The second-order valence-corrected chi connectivity index (χ2v) is 17.3. The van der Waals surface area contributed by atoms with Crippen LogP contribution in [0.5, 0.6) is 17.2 Å². The molecule has 5 aromatic rings. The second-order valence-electron chi connectivity index (χ2n) is 16.0. The fraction of sp³-hybridized carbons (Fsp3) is 0.340. The van der Waals surface area contributed by atoms with Crippen LogP contribution < -0.4 is 9.47 Å². The number of aliphatic hydroxyl groups is 2. The van der Waals surface area contributed by atoms with E-state index in [0.717, 1.165) is 75.3 Å². The topological polar surface area (TPSA) is 133 Å². The number of aliphatic hydroxyl groups excluding tert-OH is 2. The van der Waals surface area contributed by atoms with Crippen LogP contribution in [0, 0.1) is 27.9 Å². The molecular weight excluding hydrogens is 789 g/mol. The molecule has 10 nitrogen and oxygen atoms in total. The molecule has 2 aliphatic carbocycles. The largest absolute Gasteiger partial charge is 0.460 e. The lowest BCUT2D eigenvalue weighted by Gasteiger charge is -2.58. The molecule has 3 aliphatic rings. The van der Waals surface area contributed by atoms with Crippen molar-refractivity contribution in [3.8, 4) is 17.2 Å². The molecule has 0 radical (unpaired) electrons. The number of nitrogens with zero attached hydrogens (tertiary/aromatic N) is 2. The normalized spacial score (nSPS) is 23.3. The molecular formula is C50H52N2O8S. The first-order chi connectivity index (χ1) is 29.9. The lowest BCUT2D eigenvalue weighted by molar-refractivity contribution is -0.384. The standard InChI is InChI=1S/C50H52N2O8S/c1-2-28-57-50-47(61-41-15-4-3-5-16-41)32-45(51-58-33-34-18-21-38(22-19-34)52(55)56)43-30-37(14-8-10-26-53)42(17-9-11-27-54)48(49(43)50)44-31-40(24-25-46(44)60-50)59-39-23-20-35-12-6-7-13-36(35)29-39/h2-7,12-13,15-16,18-25,29-31,37,42,47-49,53-54H,1,8-11,14,17,26-28,32-33H2. The fourth-order valence-corrected chi connectivity index (χ4v) is 10.7. The number of rotatable bonds is 19. The molecule has 0 bridgehead atoms. The zero-order valence-corrected chi connectivity index (χ0v) is 35.0. The van der Waals surface area contributed by atoms with Gasteiger partial charge in [0.05, 0.1) is 28.4 Å². The molecule has 6 atom stereocenters. The van der Waals surface area contributed by atoms with Crippen LogP contribution in [-0.4, -0.2) is 51.7 Å². The lowest BCUT2D eigenvalue weighted by atomic mass is 9.56. The first-order valence-electron chi connectivity index (χ1n) is 21.2. The van der Waals surface area contributed by atoms with Crippen LogP contribution in [0.4, 0.5) is 5.69 Å². The molecule has 1 aliphatic heterocycles. The summed E-state index contributed by atoms with van der Waals surface area (Å²) < 4.78 is 21.1. The number of hydrogen-bond acceptors (Lipinski definition) is 10. The Morgan fingerprint density at radius 2 is 1.59 bits per heavy atom. The van der Waals surface area contributed by atoms with Crippen molar-refractivity contribution in [3.05, 3.63) is 161 Å². The van der Waals surface area contributed by atoms with Gasteiger partial charge < -0.3 is 29.3 Å². The Hall–Kier alpha value is -5.46. The van der Waals surface area contributed by atoms with Gasteiger partial charge in [-0.3, -0.25) is 10.1 Å². The number of ether oxygens (including phenoxy) is 3. The summed E-state index contributed by atoms with van der Waals surface area (Å²) in [5.41, 5.74) is 3.63. The molecule has 6 unspecified atom stereocenters. The van der Waals surface area contributed by atoms with E-state index >= 15 is 0 Å². The first kappa shape index (κ1) is 42.2. The number of non-ortho nitro benzene ring substituents is 1. The maximum Gasteiger partial charge on any atom is 0.269 e. The molecule has 1 saturated carbocycles. The maximum atomic E-state index is 11.3. The van der Waals surface area contributed by atoms with Gasteiger partial charge in [0.1, 0.15) is 23.9 Å². The van der Waals surface area contributed by atoms with E-state index in [4.69, 9.17) is 24.2 Å². The third-order valence-electron chi connectivity index (χ3n) is 12.2. The Bertz CT molecular complexity index is 2370. The molecule has 0 amide bonds. The third-order valence-corrected chi connectivity index (χ3v) is 13.5. The van der Waals surface area contributed by atoms with Crippen LogP contribution in [0.25, 0.3) is 10.8 Å². The van der Waals surface area contributed by atoms with Gasteiger partial charge in [0.2, 0.25) is 5.79 Å². The SMILES string of the molecule is C=CCOC12Oc3ccc(Oc4ccc5ccccc5c4)cc3C3C(CCCCO)C(CCCCO)C=C(C(=NOCc4ccc([N+](=O)[O-])cc4)CC1Sc1ccccc1)C32. The van der Waals surface area contributed by atoms with Gasteiger partial charge in [-0.05, 0) is 114 Å². The second kappa shape index (κ2) is 19.5. The quantitative estimate of drug-likeness (QED) is 0.0361. The van der Waals surface area contributed by atoms with Gasteiger partial charge in [-0.1, -0.05) is 78.7 Å². The van der Waals surface area contributed by atoms with Gasteiger partial charge in [-0.2, -0.15) is 0 Å². The summed E-state index contributed by atoms with van der Waals surface area (Å²) in [7, 11) is 0. The van der Waals surface area contributed by atoms with Crippen LogP contribution in [0.1, 0.15) is 62.0 Å². The smallest absolute Gasteiger partial charge is 0.269 e. The molecule has 61 heavy (non-hydrogen) atoms. The Labute approximate surface area is 361 Å². The van der Waals surface area contributed by atoms with Gasteiger partial charge in [0.15, 0.2) is 0 Å². The predicted molar refractivity (Wildman–Crippen MR) is 239 cm³/mol. The Morgan fingerprint density at radius 1 is 0.869 bits per heavy atom. The van der Waals surface area contributed by atoms with E-state index < -0.39 is 10.7 Å². The van der Waals surface area contributed by atoms with E-state index in [1.165, 1.54) is 12.1 Å². The van der Waals surface area contributed by atoms with Crippen molar-refractivity contribution in [3.63, 3.8) is 0 Å². The highest BCUT2D eigenvalue weighted by molar-refractivity contribution is 8.00. The fourth-order valence-electron chi connectivity index (χ4n) is 9.42. The predicted octanol–water partition coefficient (Wildman–Crippen LogP) is 11.2. The highest BCUT2D eigenvalue weighted by Crippen LogP contribution is 2.63. The van der Waals surface area contributed by atoms with Gasteiger partial charge in [0.25, 0.3) is 5.69 Å². The van der Waals surface area contributed by atoms with E-state index in [1.54, 1.807) is 30.0 Å². The summed E-state index contributed by atoms with van der Waals surface area (Å²) in [4.78, 5) is 18.1. The van der Waals surface area contributed by atoms with Crippen molar-refractivity contribution < 1.29 is 34.2 Å². The molecule has 0 spiro atoms. The molecule has 1 heterocycles. The Morgan fingerprint density at radius 3 is 2.34 bits per heavy atom. The highest BCUT2D eigenvalue weighted by Gasteiger charge is 2.64. The van der Waals surface area contributed by atoms with Gasteiger partial charge in [-0.15, -0.1) is 18.3 Å². The lowest BCUT2D eigenvalue weighted by Crippen LogP contribution is -2.64. The molecule has 0 saturated heterocycles. The number of nitro groups is 1. The van der Waals surface area contributed by atoms with Crippen LogP contribution in [0.15, 0.2) is 150 Å². The maximum absolute atomic E-state index is 11.3.